The number of rotatable bonds is 4. The predicted octanol–water partition coefficient (Wildman–Crippen LogP) is -0.00400. The van der Waals surface area contributed by atoms with Crippen molar-refractivity contribution < 1.29 is 14.7 Å². The van der Waals surface area contributed by atoms with Crippen molar-refractivity contribution in [2.75, 3.05) is 20.0 Å². The first-order chi connectivity index (χ1) is 5.11. The number of aliphatic hydroxyl groups is 1. The fraction of sp³-hybridized carbons (Fsp3) is 0.833. The summed E-state index contributed by atoms with van der Waals surface area (Å²) < 4.78 is 0. The van der Waals surface area contributed by atoms with Crippen molar-refractivity contribution in [2.24, 2.45) is 0 Å². The maximum atomic E-state index is 10.9. The number of hydrogen-bond acceptors (Lipinski definition) is 3. The summed E-state index contributed by atoms with van der Waals surface area (Å²) in [4.78, 5) is 15.5. The molecule has 0 saturated carbocycles. The lowest BCUT2D eigenvalue weighted by Gasteiger charge is -2.14. The minimum atomic E-state index is -0.790. The van der Waals surface area contributed by atoms with Crippen molar-refractivity contribution in [3.8, 4) is 0 Å². The molecular formula is C6H12ClNO3. The van der Waals surface area contributed by atoms with Gasteiger partial charge in [0, 0.05) is 12.9 Å². The summed E-state index contributed by atoms with van der Waals surface area (Å²) in [6.45, 7) is 0. The van der Waals surface area contributed by atoms with Crippen LogP contribution in [0.3, 0.4) is 0 Å². The van der Waals surface area contributed by atoms with E-state index >= 15 is 0 Å². The number of nitrogens with zero attached hydrogens (tertiary/aromatic N) is 1. The van der Waals surface area contributed by atoms with E-state index in [-0.39, 0.29) is 18.2 Å². The maximum Gasteiger partial charge on any atom is 0.248 e. The summed E-state index contributed by atoms with van der Waals surface area (Å²) >= 11 is 5.28. The zero-order valence-electron chi connectivity index (χ0n) is 6.58. The molecule has 66 valence electrons. The highest BCUT2D eigenvalue weighted by Gasteiger charge is 2.12. The van der Waals surface area contributed by atoms with Gasteiger partial charge in [-0.1, -0.05) is 0 Å². The zero-order chi connectivity index (χ0) is 8.85. The van der Waals surface area contributed by atoms with Crippen LogP contribution < -0.4 is 0 Å². The molecule has 0 spiro atoms. The maximum absolute atomic E-state index is 10.9. The number of hydrogen-bond donors (Lipinski definition) is 1. The Bertz CT molecular complexity index is 131. The van der Waals surface area contributed by atoms with Crippen LogP contribution in [0.25, 0.3) is 0 Å². The minimum Gasteiger partial charge on any atom is -0.391 e. The van der Waals surface area contributed by atoms with Gasteiger partial charge in [-0.25, -0.2) is 5.06 Å². The van der Waals surface area contributed by atoms with E-state index in [0.29, 0.717) is 0 Å². The second kappa shape index (κ2) is 5.35. The van der Waals surface area contributed by atoms with Crippen LogP contribution in [-0.4, -0.2) is 42.2 Å². The van der Waals surface area contributed by atoms with Crippen molar-refractivity contribution in [1.82, 2.24) is 5.06 Å². The normalized spacial score (nSPS) is 12.7. The standard InChI is InChI=1S/C6H12ClNO3/c1-8(11-2)6(10)3-5(9)4-7/h5,9H,3-4H2,1-2H3/t5-/m0/s1. The first-order valence-electron chi connectivity index (χ1n) is 3.16. The molecule has 0 aliphatic heterocycles. The van der Waals surface area contributed by atoms with Gasteiger partial charge in [0.15, 0.2) is 0 Å². The Morgan fingerprint density at radius 1 is 1.82 bits per heavy atom. The predicted molar refractivity (Wildman–Crippen MR) is 41.1 cm³/mol. The van der Waals surface area contributed by atoms with E-state index in [1.165, 1.54) is 14.2 Å². The van der Waals surface area contributed by atoms with Gasteiger partial charge in [0.25, 0.3) is 0 Å². The van der Waals surface area contributed by atoms with Gasteiger partial charge in [-0.15, -0.1) is 11.6 Å². The first kappa shape index (κ1) is 10.7. The Morgan fingerprint density at radius 2 is 2.36 bits per heavy atom. The van der Waals surface area contributed by atoms with Crippen LogP contribution in [0.15, 0.2) is 0 Å². The molecule has 0 radical (unpaired) electrons. The topological polar surface area (TPSA) is 49.8 Å². The Labute approximate surface area is 70.7 Å². The van der Waals surface area contributed by atoms with Crippen molar-refractivity contribution >= 4 is 17.5 Å². The monoisotopic (exact) mass is 181 g/mol. The lowest BCUT2D eigenvalue weighted by Crippen LogP contribution is -2.29. The number of aliphatic hydroxyl groups excluding tert-OH is 1. The molecule has 0 bridgehead atoms. The number of carbonyl (C=O) groups is 1. The highest BCUT2D eigenvalue weighted by molar-refractivity contribution is 6.18. The molecule has 11 heavy (non-hydrogen) atoms. The molecule has 0 fully saturated rings. The minimum absolute atomic E-state index is 0.00611. The van der Waals surface area contributed by atoms with E-state index in [1.54, 1.807) is 0 Å². The average Bonchev–Trinajstić information content (AvgIpc) is 2.02. The highest BCUT2D eigenvalue weighted by atomic mass is 35.5. The molecule has 4 nitrogen and oxygen atoms in total. The van der Waals surface area contributed by atoms with Crippen LogP contribution in [0, 0.1) is 0 Å². The number of halogens is 1. The molecule has 0 aliphatic carbocycles. The van der Waals surface area contributed by atoms with E-state index in [4.69, 9.17) is 16.7 Å². The molecule has 0 aliphatic rings. The fourth-order valence-corrected chi connectivity index (χ4v) is 0.596. The van der Waals surface area contributed by atoms with Crippen molar-refractivity contribution in [3.05, 3.63) is 0 Å². The lowest BCUT2D eigenvalue weighted by molar-refractivity contribution is -0.170. The molecule has 0 aromatic heterocycles. The number of hydroxylamine groups is 2. The third-order valence-corrected chi connectivity index (χ3v) is 1.57. The third-order valence-electron chi connectivity index (χ3n) is 1.21. The van der Waals surface area contributed by atoms with Crippen LogP contribution >= 0.6 is 11.6 Å². The number of amides is 1. The number of carbonyl (C=O) groups excluding carboxylic acids is 1. The summed E-state index contributed by atoms with van der Waals surface area (Å²) in [6, 6.07) is 0. The first-order valence-corrected chi connectivity index (χ1v) is 3.70. The quantitative estimate of drug-likeness (QED) is 0.491. The molecule has 0 saturated heterocycles. The summed E-state index contributed by atoms with van der Waals surface area (Å²) in [5, 5.41) is 9.99. The summed E-state index contributed by atoms with van der Waals surface area (Å²) in [5.41, 5.74) is 0. The number of alkyl halides is 1. The molecule has 0 aromatic carbocycles. The van der Waals surface area contributed by atoms with E-state index in [1.807, 2.05) is 0 Å². The van der Waals surface area contributed by atoms with E-state index in [0.717, 1.165) is 5.06 Å². The van der Waals surface area contributed by atoms with Gasteiger partial charge >= 0.3 is 0 Å². The van der Waals surface area contributed by atoms with E-state index in [2.05, 4.69) is 4.84 Å². The Kier molecular flexibility index (Phi) is 5.19. The average molecular weight is 182 g/mol. The molecule has 0 aromatic rings. The molecule has 0 rings (SSSR count). The molecular weight excluding hydrogens is 170 g/mol. The van der Waals surface area contributed by atoms with Crippen LogP contribution in [-0.2, 0) is 9.63 Å². The van der Waals surface area contributed by atoms with Gasteiger partial charge in [0.2, 0.25) is 5.91 Å². The van der Waals surface area contributed by atoms with Crippen molar-refractivity contribution in [3.63, 3.8) is 0 Å². The van der Waals surface area contributed by atoms with Gasteiger partial charge in [-0.05, 0) is 0 Å². The second-order valence-electron chi connectivity index (χ2n) is 2.09. The molecule has 0 unspecified atom stereocenters. The smallest absolute Gasteiger partial charge is 0.248 e. The fourth-order valence-electron chi connectivity index (χ4n) is 0.486. The van der Waals surface area contributed by atoms with E-state index < -0.39 is 6.10 Å². The lowest BCUT2D eigenvalue weighted by atomic mass is 10.3. The van der Waals surface area contributed by atoms with Gasteiger partial charge in [0.05, 0.1) is 19.6 Å². The SMILES string of the molecule is CON(C)C(=O)C[C@H](O)CCl. The Morgan fingerprint density at radius 3 is 2.73 bits per heavy atom. The molecule has 1 atom stereocenters. The molecule has 5 heteroatoms. The van der Waals surface area contributed by atoms with Gasteiger partial charge in [-0.2, -0.15) is 0 Å². The molecule has 1 amide bonds. The van der Waals surface area contributed by atoms with Gasteiger partial charge < -0.3 is 5.11 Å². The summed E-state index contributed by atoms with van der Waals surface area (Å²) in [5.74, 6) is -0.232. The summed E-state index contributed by atoms with van der Waals surface area (Å²) in [6.07, 6.45) is -0.796. The summed E-state index contributed by atoms with van der Waals surface area (Å²) in [7, 11) is 2.86. The van der Waals surface area contributed by atoms with Crippen molar-refractivity contribution in [1.29, 1.82) is 0 Å². The van der Waals surface area contributed by atoms with Gasteiger partial charge in [0.1, 0.15) is 0 Å². The van der Waals surface area contributed by atoms with Crippen LogP contribution in [0.4, 0.5) is 0 Å². The zero-order valence-corrected chi connectivity index (χ0v) is 7.34. The molecule has 1 N–H and O–H groups in total. The van der Waals surface area contributed by atoms with Crippen LogP contribution in [0.5, 0.6) is 0 Å². The third kappa shape index (κ3) is 4.19. The Balaban J connectivity index is 3.68. The van der Waals surface area contributed by atoms with E-state index in [9.17, 15) is 4.79 Å². The van der Waals surface area contributed by atoms with Crippen molar-refractivity contribution in [2.45, 2.75) is 12.5 Å². The highest BCUT2D eigenvalue weighted by Crippen LogP contribution is 1.98. The Hall–Kier alpha value is -0.320. The van der Waals surface area contributed by atoms with Crippen LogP contribution in [0.2, 0.25) is 0 Å². The second-order valence-corrected chi connectivity index (χ2v) is 2.39. The van der Waals surface area contributed by atoms with Gasteiger partial charge in [-0.3, -0.25) is 9.63 Å². The largest absolute Gasteiger partial charge is 0.391 e. The molecule has 0 heterocycles. The van der Waals surface area contributed by atoms with Crippen LogP contribution in [0.1, 0.15) is 6.42 Å².